The van der Waals surface area contributed by atoms with Crippen LogP contribution in [0.15, 0.2) is 35.2 Å². The van der Waals surface area contributed by atoms with E-state index in [4.69, 9.17) is 51.6 Å². The number of hydrogen-bond donors (Lipinski definition) is 0. The molecule has 0 aliphatic carbocycles. The van der Waals surface area contributed by atoms with Gasteiger partial charge in [-0.2, -0.15) is 8.42 Å². The van der Waals surface area contributed by atoms with Crippen molar-refractivity contribution in [2.24, 2.45) is 0 Å². The van der Waals surface area contributed by atoms with E-state index in [1.807, 2.05) is 20.8 Å². The highest BCUT2D eigenvalue weighted by atomic mass is 32.2. The van der Waals surface area contributed by atoms with Crippen LogP contribution in [-0.2, 0) is 66.5 Å². The highest BCUT2D eigenvalue weighted by Gasteiger charge is 2.16. The molecule has 0 saturated heterocycles. The molecule has 0 amide bonds. The molecule has 0 fully saturated rings. The Morgan fingerprint density at radius 2 is 0.804 bits per heavy atom. The maximum absolute atomic E-state index is 12.0. The minimum atomic E-state index is -3.76. The van der Waals surface area contributed by atoms with Gasteiger partial charge in [0.25, 0.3) is 10.1 Å². The van der Waals surface area contributed by atoms with Crippen molar-refractivity contribution in [1.29, 1.82) is 0 Å². The highest BCUT2D eigenvalue weighted by molar-refractivity contribution is 7.86. The van der Waals surface area contributed by atoms with Gasteiger partial charge in [-0.1, -0.05) is 18.2 Å². The van der Waals surface area contributed by atoms with Crippen LogP contribution >= 0.6 is 0 Å². The summed E-state index contributed by atoms with van der Waals surface area (Å²) in [6.07, 6.45) is 0.224. The molecule has 46 heavy (non-hydrogen) atoms. The second-order valence-corrected chi connectivity index (χ2v) is 12.1. The van der Waals surface area contributed by atoms with Crippen molar-refractivity contribution in [3.63, 3.8) is 0 Å². The fraction of sp³-hybridized carbons (Fsp3) is 0.774. The quantitative estimate of drug-likeness (QED) is 0.0620. The van der Waals surface area contributed by atoms with Crippen LogP contribution in [0.4, 0.5) is 0 Å². The van der Waals surface area contributed by atoms with E-state index in [1.54, 1.807) is 18.2 Å². The van der Waals surface area contributed by atoms with Gasteiger partial charge in [-0.05, 0) is 32.9 Å². The monoisotopic (exact) mass is 682 g/mol. The van der Waals surface area contributed by atoms with Crippen molar-refractivity contribution in [1.82, 2.24) is 0 Å². The molecular formula is C31H54O14S. The van der Waals surface area contributed by atoms with Crippen LogP contribution in [0.2, 0.25) is 0 Å². The zero-order valence-corrected chi connectivity index (χ0v) is 28.5. The molecule has 0 heterocycles. The van der Waals surface area contributed by atoms with E-state index in [-0.39, 0.29) is 30.5 Å². The first-order valence-corrected chi connectivity index (χ1v) is 17.0. The summed E-state index contributed by atoms with van der Waals surface area (Å²) >= 11 is 0. The zero-order chi connectivity index (χ0) is 33.6. The Bertz CT molecular complexity index is 940. The summed E-state index contributed by atoms with van der Waals surface area (Å²) in [5, 5.41) is 0. The third kappa shape index (κ3) is 27.4. The summed E-state index contributed by atoms with van der Waals surface area (Å²) < 4.78 is 82.8. The lowest BCUT2D eigenvalue weighted by molar-refractivity contribution is -0.156. The largest absolute Gasteiger partial charge is 0.460 e. The second kappa shape index (κ2) is 28.3. The molecule has 1 rings (SSSR count). The minimum Gasteiger partial charge on any atom is -0.460 e. The van der Waals surface area contributed by atoms with E-state index < -0.39 is 15.7 Å². The average molecular weight is 683 g/mol. The fourth-order valence-corrected chi connectivity index (χ4v) is 4.18. The molecule has 1 aromatic carbocycles. The first-order chi connectivity index (χ1) is 22.2. The molecule has 0 bridgehead atoms. The van der Waals surface area contributed by atoms with Crippen LogP contribution in [0.3, 0.4) is 0 Å². The number of rotatable bonds is 32. The van der Waals surface area contributed by atoms with Gasteiger partial charge in [-0.3, -0.25) is 8.98 Å². The summed E-state index contributed by atoms with van der Waals surface area (Å²) in [5.41, 5.74) is -0.480. The van der Waals surface area contributed by atoms with Crippen LogP contribution < -0.4 is 0 Å². The van der Waals surface area contributed by atoms with Gasteiger partial charge in [-0.15, -0.1) is 0 Å². The summed E-state index contributed by atoms with van der Waals surface area (Å²) in [6, 6.07) is 7.96. The van der Waals surface area contributed by atoms with Gasteiger partial charge in [0.1, 0.15) is 5.60 Å². The van der Waals surface area contributed by atoms with E-state index >= 15 is 0 Å². The summed E-state index contributed by atoms with van der Waals surface area (Å²) in [5.74, 6) is -0.272. The zero-order valence-electron chi connectivity index (χ0n) is 27.7. The van der Waals surface area contributed by atoms with E-state index in [9.17, 15) is 13.2 Å². The lowest BCUT2D eigenvalue weighted by Gasteiger charge is -2.19. The standard InChI is InChI=1S/C31H54O14S/c1-31(2,3)45-30(32)9-10-35-11-12-36-13-14-37-15-16-38-17-18-39-19-20-40-21-22-41-23-24-42-25-26-43-27-28-44-46(33,34)29-7-5-4-6-8-29/h4-8H,9-28H2,1-3H3. The molecule has 0 atom stereocenters. The minimum absolute atomic E-state index is 0.0624. The molecule has 0 N–H and O–H groups in total. The van der Waals surface area contributed by atoms with Crippen molar-refractivity contribution in [3.8, 4) is 0 Å². The van der Waals surface area contributed by atoms with Gasteiger partial charge in [0.2, 0.25) is 0 Å². The van der Waals surface area contributed by atoms with Crippen molar-refractivity contribution in [2.75, 3.05) is 126 Å². The van der Waals surface area contributed by atoms with Crippen LogP contribution in [0.1, 0.15) is 27.2 Å². The lowest BCUT2D eigenvalue weighted by Crippen LogP contribution is -2.24. The molecule has 268 valence electrons. The number of benzene rings is 1. The van der Waals surface area contributed by atoms with Crippen molar-refractivity contribution >= 4 is 16.1 Å². The summed E-state index contributed by atoms with van der Waals surface area (Å²) in [7, 11) is -3.76. The number of esters is 1. The molecule has 0 aliphatic heterocycles. The van der Waals surface area contributed by atoms with E-state index in [0.717, 1.165) is 0 Å². The molecule has 0 aromatic heterocycles. The van der Waals surface area contributed by atoms with Crippen LogP contribution in [0.5, 0.6) is 0 Å². The van der Waals surface area contributed by atoms with Gasteiger partial charge >= 0.3 is 5.97 Å². The first-order valence-electron chi connectivity index (χ1n) is 15.6. The Labute approximate surface area is 274 Å². The molecular weight excluding hydrogens is 628 g/mol. The molecule has 15 heteroatoms. The third-order valence-electron chi connectivity index (χ3n) is 5.34. The number of ether oxygens (including phenoxy) is 10. The molecule has 0 aliphatic rings. The second-order valence-electron chi connectivity index (χ2n) is 10.4. The third-order valence-corrected chi connectivity index (χ3v) is 6.67. The molecule has 0 radical (unpaired) electrons. The highest BCUT2D eigenvalue weighted by Crippen LogP contribution is 2.11. The van der Waals surface area contributed by atoms with Crippen LogP contribution in [0.25, 0.3) is 0 Å². The van der Waals surface area contributed by atoms with Gasteiger partial charge in [-0.25, -0.2) is 0 Å². The van der Waals surface area contributed by atoms with E-state index in [0.29, 0.717) is 112 Å². The maximum atomic E-state index is 12.0. The van der Waals surface area contributed by atoms with Crippen LogP contribution in [-0.4, -0.2) is 146 Å². The van der Waals surface area contributed by atoms with E-state index in [1.165, 1.54) is 12.1 Å². The molecule has 14 nitrogen and oxygen atoms in total. The Morgan fingerprint density at radius 1 is 0.500 bits per heavy atom. The smallest absolute Gasteiger partial charge is 0.308 e. The number of carbonyl (C=O) groups excluding carboxylic acids is 1. The Hall–Kier alpha value is -1.76. The SMILES string of the molecule is CC(C)(C)OC(=O)CCOCCOCCOCCOCCOCCOCCOCCOCCOCCOS(=O)(=O)c1ccccc1. The number of carbonyl (C=O) groups is 1. The van der Waals surface area contributed by atoms with Crippen molar-refractivity contribution in [2.45, 2.75) is 37.7 Å². The molecule has 1 aromatic rings. The Kier molecular flexibility index (Phi) is 26.0. The topological polar surface area (TPSA) is 153 Å². The average Bonchev–Trinajstić information content (AvgIpc) is 3.01. The van der Waals surface area contributed by atoms with Gasteiger partial charge in [0.05, 0.1) is 137 Å². The Balaban J connectivity index is 1.69. The molecule has 0 unspecified atom stereocenters. The maximum Gasteiger partial charge on any atom is 0.308 e. The normalized spacial score (nSPS) is 12.1. The lowest BCUT2D eigenvalue weighted by atomic mass is 10.2. The summed E-state index contributed by atoms with van der Waals surface area (Å²) in [6.45, 7) is 12.9. The Morgan fingerprint density at radius 3 is 1.13 bits per heavy atom. The van der Waals surface area contributed by atoms with Crippen molar-refractivity contribution < 1.29 is 64.8 Å². The van der Waals surface area contributed by atoms with E-state index in [2.05, 4.69) is 0 Å². The van der Waals surface area contributed by atoms with Crippen LogP contribution in [0, 0.1) is 0 Å². The van der Waals surface area contributed by atoms with Gasteiger partial charge in [0.15, 0.2) is 0 Å². The predicted octanol–water partition coefficient (Wildman–Crippen LogP) is 2.27. The first kappa shape index (κ1) is 42.3. The van der Waals surface area contributed by atoms with Gasteiger partial charge < -0.3 is 47.4 Å². The van der Waals surface area contributed by atoms with Gasteiger partial charge in [0, 0.05) is 0 Å². The van der Waals surface area contributed by atoms with Crippen molar-refractivity contribution in [3.05, 3.63) is 30.3 Å². The summed E-state index contributed by atoms with van der Waals surface area (Å²) in [4.78, 5) is 11.7. The fourth-order valence-electron chi connectivity index (χ4n) is 3.27. The molecule has 0 saturated carbocycles. The number of hydrogen-bond acceptors (Lipinski definition) is 14. The molecule has 0 spiro atoms. The predicted molar refractivity (Wildman–Crippen MR) is 167 cm³/mol.